The van der Waals surface area contributed by atoms with Crippen LogP contribution >= 0.6 is 15.9 Å². The molecule has 0 spiro atoms. The summed E-state index contributed by atoms with van der Waals surface area (Å²) in [5, 5.41) is 3.24. The number of hydrogen-bond acceptors (Lipinski definition) is 3. The predicted octanol–water partition coefficient (Wildman–Crippen LogP) is 1.74. The average molecular weight is 333 g/mol. The summed E-state index contributed by atoms with van der Waals surface area (Å²) in [6, 6.07) is 5.35. The molecule has 1 aromatic rings. The Labute approximate surface area is 117 Å². The highest BCUT2D eigenvalue weighted by atomic mass is 79.9. The summed E-state index contributed by atoms with van der Waals surface area (Å²) in [5.74, 6) is 0. The fourth-order valence-electron chi connectivity index (χ4n) is 2.04. The van der Waals surface area contributed by atoms with E-state index in [1.807, 2.05) is 13.8 Å². The van der Waals surface area contributed by atoms with Crippen LogP contribution in [-0.4, -0.2) is 38.4 Å². The first-order valence-electron chi connectivity index (χ1n) is 5.91. The summed E-state index contributed by atoms with van der Waals surface area (Å²) in [4.78, 5) is 0.373. The lowest BCUT2D eigenvalue weighted by Crippen LogP contribution is -2.51. The molecule has 1 atom stereocenters. The molecule has 1 aliphatic heterocycles. The summed E-state index contributed by atoms with van der Waals surface area (Å²) >= 11 is 3.38. The maximum atomic E-state index is 12.5. The van der Waals surface area contributed by atoms with Gasteiger partial charge < -0.3 is 5.32 Å². The predicted molar refractivity (Wildman–Crippen MR) is 75.1 cm³/mol. The molecule has 1 N–H and O–H groups in total. The van der Waals surface area contributed by atoms with Gasteiger partial charge in [0.05, 0.1) is 4.90 Å². The number of nitrogens with zero attached hydrogens (tertiary/aromatic N) is 1. The molecule has 100 valence electrons. The van der Waals surface area contributed by atoms with Gasteiger partial charge in [-0.15, -0.1) is 0 Å². The van der Waals surface area contributed by atoms with Crippen LogP contribution < -0.4 is 5.32 Å². The minimum absolute atomic E-state index is 0.199. The molecule has 0 amide bonds. The van der Waals surface area contributed by atoms with Gasteiger partial charge in [-0.05, 0) is 37.6 Å². The molecule has 0 saturated carbocycles. The number of hydrogen-bond donors (Lipinski definition) is 1. The normalized spacial score (nSPS) is 22.1. The number of benzene rings is 1. The van der Waals surface area contributed by atoms with Crippen LogP contribution in [0.2, 0.25) is 0 Å². The zero-order chi connectivity index (χ0) is 13.3. The molecule has 0 aromatic heterocycles. The first kappa shape index (κ1) is 14.0. The van der Waals surface area contributed by atoms with E-state index in [1.165, 1.54) is 0 Å². The van der Waals surface area contributed by atoms with E-state index in [0.717, 1.165) is 10.0 Å². The highest BCUT2D eigenvalue weighted by Crippen LogP contribution is 2.23. The Kier molecular flexibility index (Phi) is 4.11. The molecule has 1 heterocycles. The number of nitrogens with one attached hydrogen (secondary N) is 1. The van der Waals surface area contributed by atoms with E-state index in [-0.39, 0.29) is 6.04 Å². The minimum atomic E-state index is -3.36. The van der Waals surface area contributed by atoms with Gasteiger partial charge in [-0.2, -0.15) is 4.31 Å². The Morgan fingerprint density at radius 2 is 2.17 bits per heavy atom. The fraction of sp³-hybridized carbons (Fsp3) is 0.500. The van der Waals surface area contributed by atoms with E-state index in [9.17, 15) is 8.42 Å². The Morgan fingerprint density at radius 1 is 1.44 bits per heavy atom. The van der Waals surface area contributed by atoms with Crippen molar-refractivity contribution in [3.8, 4) is 0 Å². The molecule has 18 heavy (non-hydrogen) atoms. The average Bonchev–Trinajstić information content (AvgIpc) is 2.32. The van der Waals surface area contributed by atoms with Crippen molar-refractivity contribution in [1.29, 1.82) is 0 Å². The zero-order valence-corrected chi connectivity index (χ0v) is 12.9. The van der Waals surface area contributed by atoms with Gasteiger partial charge in [0.25, 0.3) is 0 Å². The fourth-order valence-corrected chi connectivity index (χ4v) is 3.90. The summed E-state index contributed by atoms with van der Waals surface area (Å²) in [5.41, 5.74) is 0.930. The Bertz CT molecular complexity index is 545. The van der Waals surface area contributed by atoms with Crippen LogP contribution in [0.1, 0.15) is 12.5 Å². The van der Waals surface area contributed by atoms with Gasteiger partial charge in [0.15, 0.2) is 0 Å². The second-order valence-electron chi connectivity index (χ2n) is 4.63. The highest BCUT2D eigenvalue weighted by molar-refractivity contribution is 9.10. The van der Waals surface area contributed by atoms with E-state index >= 15 is 0 Å². The van der Waals surface area contributed by atoms with E-state index in [4.69, 9.17) is 0 Å². The van der Waals surface area contributed by atoms with Crippen molar-refractivity contribution in [1.82, 2.24) is 9.62 Å². The van der Waals surface area contributed by atoms with Gasteiger partial charge in [-0.1, -0.05) is 15.9 Å². The molecule has 1 aromatic carbocycles. The number of sulfonamides is 1. The van der Waals surface area contributed by atoms with Crippen molar-refractivity contribution in [3.05, 3.63) is 28.2 Å². The van der Waals surface area contributed by atoms with Crippen LogP contribution in [0.15, 0.2) is 27.6 Å². The monoisotopic (exact) mass is 332 g/mol. The van der Waals surface area contributed by atoms with Crippen LogP contribution in [0.5, 0.6) is 0 Å². The van der Waals surface area contributed by atoms with E-state index < -0.39 is 10.0 Å². The van der Waals surface area contributed by atoms with E-state index in [0.29, 0.717) is 24.5 Å². The lowest BCUT2D eigenvalue weighted by Gasteiger charge is -2.31. The van der Waals surface area contributed by atoms with Gasteiger partial charge >= 0.3 is 0 Å². The van der Waals surface area contributed by atoms with Crippen LogP contribution in [0.3, 0.4) is 0 Å². The third-order valence-corrected chi connectivity index (χ3v) is 5.85. The summed E-state index contributed by atoms with van der Waals surface area (Å²) in [7, 11) is -3.36. The molecule has 1 fully saturated rings. The standard InChI is InChI=1S/C12H17BrN2O2S/c1-9-7-11(3-4-12(9)13)18(16,17)15-6-5-14-10(2)8-15/h3-4,7,10,14H,5-6,8H2,1-2H3/t10-/m1/s1. The summed E-state index contributed by atoms with van der Waals surface area (Å²) < 4.78 is 27.4. The molecule has 2 rings (SSSR count). The molecule has 4 nitrogen and oxygen atoms in total. The largest absolute Gasteiger partial charge is 0.312 e. The number of rotatable bonds is 2. The Hall–Kier alpha value is -0.430. The maximum absolute atomic E-state index is 12.5. The second kappa shape index (κ2) is 5.28. The van der Waals surface area contributed by atoms with Crippen molar-refractivity contribution in [3.63, 3.8) is 0 Å². The van der Waals surface area contributed by atoms with Gasteiger partial charge in [0.2, 0.25) is 10.0 Å². The molecule has 0 unspecified atom stereocenters. The van der Waals surface area contributed by atoms with Gasteiger partial charge in [0, 0.05) is 30.1 Å². The van der Waals surface area contributed by atoms with Crippen molar-refractivity contribution < 1.29 is 8.42 Å². The molecule has 1 aliphatic rings. The third-order valence-electron chi connectivity index (χ3n) is 3.10. The topological polar surface area (TPSA) is 49.4 Å². The molecular formula is C12H17BrN2O2S. The van der Waals surface area contributed by atoms with Crippen molar-refractivity contribution in [2.24, 2.45) is 0 Å². The zero-order valence-electron chi connectivity index (χ0n) is 10.5. The van der Waals surface area contributed by atoms with Crippen LogP contribution in [-0.2, 0) is 10.0 Å². The van der Waals surface area contributed by atoms with E-state index in [2.05, 4.69) is 21.2 Å². The van der Waals surface area contributed by atoms with E-state index in [1.54, 1.807) is 22.5 Å². The molecule has 1 saturated heterocycles. The Morgan fingerprint density at radius 3 is 2.78 bits per heavy atom. The lowest BCUT2D eigenvalue weighted by atomic mass is 10.2. The summed E-state index contributed by atoms with van der Waals surface area (Å²) in [6.45, 7) is 5.65. The van der Waals surface area contributed by atoms with Gasteiger partial charge in [0.1, 0.15) is 0 Å². The second-order valence-corrected chi connectivity index (χ2v) is 7.42. The Balaban J connectivity index is 2.32. The van der Waals surface area contributed by atoms with Crippen molar-refractivity contribution >= 4 is 26.0 Å². The number of aryl methyl sites for hydroxylation is 1. The first-order valence-corrected chi connectivity index (χ1v) is 8.14. The van der Waals surface area contributed by atoms with Gasteiger partial charge in [-0.3, -0.25) is 0 Å². The minimum Gasteiger partial charge on any atom is -0.312 e. The lowest BCUT2D eigenvalue weighted by molar-refractivity contribution is 0.310. The SMILES string of the molecule is Cc1cc(S(=O)(=O)N2CCN[C@H](C)C2)ccc1Br. The first-order chi connectivity index (χ1) is 8.41. The third kappa shape index (κ3) is 2.77. The quantitative estimate of drug-likeness (QED) is 0.897. The molecule has 6 heteroatoms. The summed E-state index contributed by atoms with van der Waals surface area (Å²) in [6.07, 6.45) is 0. The molecule has 0 radical (unpaired) electrons. The smallest absolute Gasteiger partial charge is 0.243 e. The maximum Gasteiger partial charge on any atom is 0.243 e. The number of halogens is 1. The number of piperazine rings is 1. The molecule has 0 aliphatic carbocycles. The molecular weight excluding hydrogens is 316 g/mol. The molecule has 0 bridgehead atoms. The highest BCUT2D eigenvalue weighted by Gasteiger charge is 2.28. The van der Waals surface area contributed by atoms with Gasteiger partial charge in [-0.25, -0.2) is 8.42 Å². The van der Waals surface area contributed by atoms with Crippen molar-refractivity contribution in [2.75, 3.05) is 19.6 Å². The van der Waals surface area contributed by atoms with Crippen LogP contribution in [0, 0.1) is 6.92 Å². The van der Waals surface area contributed by atoms with Crippen LogP contribution in [0.25, 0.3) is 0 Å². The van der Waals surface area contributed by atoms with Crippen LogP contribution in [0.4, 0.5) is 0 Å². The van der Waals surface area contributed by atoms with Crippen molar-refractivity contribution in [2.45, 2.75) is 24.8 Å².